The van der Waals surface area contributed by atoms with Crippen molar-refractivity contribution in [1.82, 2.24) is 9.97 Å². The van der Waals surface area contributed by atoms with Crippen molar-refractivity contribution in [1.29, 1.82) is 0 Å². The molecular weight excluding hydrogens is 160 g/mol. The van der Waals surface area contributed by atoms with Crippen LogP contribution in [0.4, 0.5) is 0 Å². The molecule has 0 aliphatic rings. The van der Waals surface area contributed by atoms with Gasteiger partial charge in [-0.2, -0.15) is 0 Å². The Bertz CT molecular complexity index is 203. The lowest BCUT2D eigenvalue weighted by molar-refractivity contribution is 0.220. The fourth-order valence-corrected chi connectivity index (χ4v) is 1.26. The zero-order valence-corrected chi connectivity index (χ0v) is 7.08. The van der Waals surface area contributed by atoms with E-state index in [0.29, 0.717) is 5.75 Å². The Hall–Kier alpha value is -0.610. The average Bonchev–Trinajstić information content (AvgIpc) is 2.03. The second-order valence-electron chi connectivity index (χ2n) is 2.21. The topological polar surface area (TPSA) is 46.0 Å². The molecule has 1 atom stereocenters. The lowest BCUT2D eigenvalue weighted by atomic mass is 10.5. The highest BCUT2D eigenvalue weighted by atomic mass is 32.2. The van der Waals surface area contributed by atoms with Crippen molar-refractivity contribution in [3.63, 3.8) is 0 Å². The van der Waals surface area contributed by atoms with Gasteiger partial charge in [0.15, 0.2) is 0 Å². The van der Waals surface area contributed by atoms with Crippen LogP contribution in [0.5, 0.6) is 0 Å². The van der Waals surface area contributed by atoms with Crippen molar-refractivity contribution >= 4 is 11.8 Å². The summed E-state index contributed by atoms with van der Waals surface area (Å²) in [5.74, 6) is 0.678. The first-order valence-corrected chi connectivity index (χ1v) is 4.34. The third-order valence-corrected chi connectivity index (χ3v) is 2.21. The van der Waals surface area contributed by atoms with Gasteiger partial charge in [-0.05, 0) is 13.0 Å². The third-order valence-electron chi connectivity index (χ3n) is 1.03. The molecule has 0 aliphatic carbocycles. The first kappa shape index (κ1) is 8.49. The van der Waals surface area contributed by atoms with Gasteiger partial charge in [0.2, 0.25) is 0 Å². The Morgan fingerprint density at radius 3 is 3.09 bits per heavy atom. The highest BCUT2D eigenvalue weighted by Gasteiger charge is 1.97. The summed E-state index contributed by atoms with van der Waals surface area (Å²) in [6.07, 6.45) is 2.91. The van der Waals surface area contributed by atoms with E-state index < -0.39 is 0 Å². The Balaban J connectivity index is 2.39. The molecule has 3 nitrogen and oxygen atoms in total. The van der Waals surface area contributed by atoms with Crippen LogP contribution >= 0.6 is 11.8 Å². The van der Waals surface area contributed by atoms with Crippen molar-refractivity contribution in [2.75, 3.05) is 5.75 Å². The smallest absolute Gasteiger partial charge is 0.116 e. The zero-order valence-electron chi connectivity index (χ0n) is 6.27. The van der Waals surface area contributed by atoms with Crippen LogP contribution in [0.25, 0.3) is 0 Å². The van der Waals surface area contributed by atoms with Crippen LogP contribution in [0.3, 0.4) is 0 Å². The first-order chi connectivity index (χ1) is 5.29. The molecule has 4 heteroatoms. The van der Waals surface area contributed by atoms with Gasteiger partial charge in [-0.3, -0.25) is 0 Å². The number of hydrogen-bond acceptors (Lipinski definition) is 4. The fourth-order valence-electron chi connectivity index (χ4n) is 0.570. The summed E-state index contributed by atoms with van der Waals surface area (Å²) >= 11 is 1.53. The molecule has 0 bridgehead atoms. The maximum Gasteiger partial charge on any atom is 0.116 e. The third kappa shape index (κ3) is 3.34. The van der Waals surface area contributed by atoms with Gasteiger partial charge in [-0.15, -0.1) is 11.8 Å². The minimum absolute atomic E-state index is 0.282. The van der Waals surface area contributed by atoms with E-state index in [9.17, 15) is 0 Å². The Labute approximate surface area is 69.9 Å². The average molecular weight is 170 g/mol. The van der Waals surface area contributed by atoms with E-state index in [1.807, 2.05) is 6.07 Å². The normalized spacial score (nSPS) is 12.9. The number of thioether (sulfide) groups is 1. The van der Waals surface area contributed by atoms with Crippen LogP contribution in [-0.4, -0.2) is 26.9 Å². The molecule has 0 saturated carbocycles. The highest BCUT2D eigenvalue weighted by Crippen LogP contribution is 2.13. The second-order valence-corrected chi connectivity index (χ2v) is 3.25. The Morgan fingerprint density at radius 1 is 1.73 bits per heavy atom. The van der Waals surface area contributed by atoms with Gasteiger partial charge in [0.05, 0.1) is 11.1 Å². The van der Waals surface area contributed by atoms with E-state index in [1.165, 1.54) is 18.1 Å². The van der Waals surface area contributed by atoms with Crippen LogP contribution in [-0.2, 0) is 0 Å². The molecular formula is C7H10N2OS. The van der Waals surface area contributed by atoms with Crippen molar-refractivity contribution in [3.05, 3.63) is 18.6 Å². The van der Waals surface area contributed by atoms with Gasteiger partial charge in [-0.1, -0.05) is 0 Å². The lowest BCUT2D eigenvalue weighted by Crippen LogP contribution is -2.02. The Morgan fingerprint density at radius 2 is 2.55 bits per heavy atom. The van der Waals surface area contributed by atoms with Crippen LogP contribution < -0.4 is 0 Å². The van der Waals surface area contributed by atoms with E-state index in [0.717, 1.165) is 5.03 Å². The van der Waals surface area contributed by atoms with E-state index in [2.05, 4.69) is 9.97 Å². The van der Waals surface area contributed by atoms with E-state index >= 15 is 0 Å². The largest absolute Gasteiger partial charge is 0.393 e. The molecule has 60 valence electrons. The quantitative estimate of drug-likeness (QED) is 0.542. The summed E-state index contributed by atoms with van der Waals surface area (Å²) in [4.78, 5) is 7.78. The standard InChI is InChI=1S/C7H10N2OS/c1-6(10)4-11-7-2-3-8-5-9-7/h2-3,5-6,10H,4H2,1H3/t6-/m0/s1. The van der Waals surface area contributed by atoms with Crippen LogP contribution in [0, 0.1) is 0 Å². The van der Waals surface area contributed by atoms with Gasteiger partial charge in [0.25, 0.3) is 0 Å². The van der Waals surface area contributed by atoms with Crippen molar-refractivity contribution < 1.29 is 5.11 Å². The molecule has 11 heavy (non-hydrogen) atoms. The van der Waals surface area contributed by atoms with Crippen molar-refractivity contribution in [2.24, 2.45) is 0 Å². The minimum Gasteiger partial charge on any atom is -0.393 e. The van der Waals surface area contributed by atoms with E-state index in [4.69, 9.17) is 5.11 Å². The molecule has 1 rings (SSSR count). The van der Waals surface area contributed by atoms with Gasteiger partial charge in [0, 0.05) is 11.9 Å². The van der Waals surface area contributed by atoms with Gasteiger partial charge < -0.3 is 5.11 Å². The molecule has 0 saturated heterocycles. The van der Waals surface area contributed by atoms with Gasteiger partial charge in [-0.25, -0.2) is 9.97 Å². The molecule has 0 radical (unpaired) electrons. The lowest BCUT2D eigenvalue weighted by Gasteiger charge is -2.01. The Kier molecular flexibility index (Phi) is 3.32. The second kappa shape index (κ2) is 4.31. The summed E-state index contributed by atoms with van der Waals surface area (Å²) in [5, 5.41) is 9.85. The molecule has 0 unspecified atom stereocenters. The molecule has 1 N–H and O–H groups in total. The molecule has 1 heterocycles. The summed E-state index contributed by atoms with van der Waals surface area (Å²) in [7, 11) is 0. The minimum atomic E-state index is -0.282. The maximum atomic E-state index is 8.95. The number of rotatable bonds is 3. The van der Waals surface area contributed by atoms with E-state index in [-0.39, 0.29) is 6.10 Å². The fraction of sp³-hybridized carbons (Fsp3) is 0.429. The predicted octanol–water partition coefficient (Wildman–Crippen LogP) is 0.950. The van der Waals surface area contributed by atoms with Crippen molar-refractivity contribution in [2.45, 2.75) is 18.1 Å². The number of aliphatic hydroxyl groups is 1. The van der Waals surface area contributed by atoms with Crippen molar-refractivity contribution in [3.8, 4) is 0 Å². The summed E-state index contributed by atoms with van der Waals surface area (Å²) < 4.78 is 0. The molecule has 0 fully saturated rings. The van der Waals surface area contributed by atoms with Crippen LogP contribution in [0.15, 0.2) is 23.6 Å². The summed E-state index contributed by atoms with van der Waals surface area (Å²) in [6.45, 7) is 1.76. The highest BCUT2D eigenvalue weighted by molar-refractivity contribution is 7.99. The molecule has 1 aromatic heterocycles. The molecule has 0 amide bonds. The van der Waals surface area contributed by atoms with Crippen LogP contribution in [0.2, 0.25) is 0 Å². The first-order valence-electron chi connectivity index (χ1n) is 3.36. The summed E-state index contributed by atoms with van der Waals surface area (Å²) in [6, 6.07) is 1.83. The number of hydrogen-bond donors (Lipinski definition) is 1. The SMILES string of the molecule is C[C@H](O)CSc1ccncn1. The maximum absolute atomic E-state index is 8.95. The summed E-state index contributed by atoms with van der Waals surface area (Å²) in [5.41, 5.74) is 0. The monoisotopic (exact) mass is 170 g/mol. The van der Waals surface area contributed by atoms with Gasteiger partial charge >= 0.3 is 0 Å². The molecule has 0 aromatic carbocycles. The van der Waals surface area contributed by atoms with Crippen LogP contribution in [0.1, 0.15) is 6.92 Å². The molecule has 1 aromatic rings. The predicted molar refractivity (Wildman–Crippen MR) is 44.4 cm³/mol. The van der Waals surface area contributed by atoms with E-state index in [1.54, 1.807) is 13.1 Å². The number of aliphatic hydroxyl groups excluding tert-OH is 1. The van der Waals surface area contributed by atoms with Gasteiger partial charge in [0.1, 0.15) is 6.33 Å². The number of aromatic nitrogens is 2. The zero-order chi connectivity index (χ0) is 8.10. The molecule has 0 spiro atoms. The number of nitrogens with zero attached hydrogens (tertiary/aromatic N) is 2. The molecule has 0 aliphatic heterocycles.